The Bertz CT molecular complexity index is 731. The lowest BCUT2D eigenvalue weighted by Crippen LogP contribution is -2.45. The Hall–Kier alpha value is -1.76. The summed E-state index contributed by atoms with van der Waals surface area (Å²) in [6.45, 7) is 6.50. The predicted octanol–water partition coefficient (Wildman–Crippen LogP) is 1.51. The molecule has 0 spiro atoms. The normalized spacial score (nSPS) is 11.9. The maximum absolute atomic E-state index is 12.0. The second kappa shape index (κ2) is 18.6. The molecule has 0 aliphatic carbocycles. The highest BCUT2D eigenvalue weighted by atomic mass is 127. The summed E-state index contributed by atoms with van der Waals surface area (Å²) in [7, 11) is 0. The molecule has 0 saturated heterocycles. The molecule has 0 radical (unpaired) electrons. The zero-order valence-corrected chi connectivity index (χ0v) is 22.4. The van der Waals surface area contributed by atoms with Crippen molar-refractivity contribution in [1.29, 1.82) is 0 Å². The molecule has 0 saturated carbocycles. The number of rotatable bonds is 19. The summed E-state index contributed by atoms with van der Waals surface area (Å²) in [5, 5.41) is 8.73. The fourth-order valence-corrected chi connectivity index (χ4v) is 3.38. The van der Waals surface area contributed by atoms with E-state index in [0.717, 1.165) is 12.1 Å². The van der Waals surface area contributed by atoms with Crippen LogP contribution in [0.2, 0.25) is 0 Å². The molecule has 0 heterocycles. The predicted molar refractivity (Wildman–Crippen MR) is 140 cm³/mol. The Balaban J connectivity index is 2.09. The van der Waals surface area contributed by atoms with Gasteiger partial charge >= 0.3 is 0 Å². The first-order valence-electron chi connectivity index (χ1n) is 11.8. The van der Waals surface area contributed by atoms with Crippen molar-refractivity contribution in [2.45, 2.75) is 58.0 Å². The minimum absolute atomic E-state index is 0.00406. The van der Waals surface area contributed by atoms with Gasteiger partial charge in [-0.15, -0.1) is 0 Å². The highest BCUT2D eigenvalue weighted by molar-refractivity contribution is 14.1. The lowest BCUT2D eigenvalue weighted by molar-refractivity contribution is -0.130. The van der Waals surface area contributed by atoms with Crippen LogP contribution in [-0.2, 0) is 30.3 Å². The molecule has 1 aromatic rings. The molecular formula is C24H39IN4O5. The highest BCUT2D eigenvalue weighted by Crippen LogP contribution is 2.08. The van der Waals surface area contributed by atoms with Crippen molar-refractivity contribution < 1.29 is 23.9 Å². The van der Waals surface area contributed by atoms with Crippen LogP contribution in [0, 0.1) is 3.57 Å². The van der Waals surface area contributed by atoms with E-state index in [4.69, 9.17) is 15.2 Å². The summed E-state index contributed by atoms with van der Waals surface area (Å²) in [5.41, 5.74) is 6.54. The summed E-state index contributed by atoms with van der Waals surface area (Å²) in [4.78, 5) is 35.6. The molecule has 9 nitrogen and oxygen atoms in total. The Labute approximate surface area is 216 Å². The zero-order chi connectivity index (χ0) is 25.2. The number of carbonyl (C=O) groups excluding carboxylic acids is 3. The van der Waals surface area contributed by atoms with E-state index >= 15 is 0 Å². The third-order valence-electron chi connectivity index (χ3n) is 4.88. The van der Waals surface area contributed by atoms with E-state index in [2.05, 4.69) is 52.4 Å². The van der Waals surface area contributed by atoms with Crippen LogP contribution in [0.25, 0.3) is 0 Å². The van der Waals surface area contributed by atoms with Crippen molar-refractivity contribution >= 4 is 40.3 Å². The summed E-state index contributed by atoms with van der Waals surface area (Å²) < 4.78 is 11.8. The number of ether oxygens (including phenoxy) is 2. The van der Waals surface area contributed by atoms with Crippen LogP contribution in [0.5, 0.6) is 0 Å². The summed E-state index contributed by atoms with van der Waals surface area (Å²) in [6, 6.07) is 7.75. The number of amides is 3. The van der Waals surface area contributed by atoms with Gasteiger partial charge in [-0.2, -0.15) is 0 Å². The van der Waals surface area contributed by atoms with Crippen molar-refractivity contribution in [2.24, 2.45) is 5.73 Å². The number of unbranched alkanes of at least 4 members (excludes halogenated alkanes) is 1. The monoisotopic (exact) mass is 590 g/mol. The van der Waals surface area contributed by atoms with Gasteiger partial charge in [0.2, 0.25) is 17.7 Å². The van der Waals surface area contributed by atoms with Gasteiger partial charge in [0.25, 0.3) is 0 Å². The van der Waals surface area contributed by atoms with Gasteiger partial charge in [-0.1, -0.05) is 26.0 Å². The van der Waals surface area contributed by atoms with Crippen LogP contribution in [0.3, 0.4) is 0 Å². The number of hydrogen-bond acceptors (Lipinski definition) is 6. The van der Waals surface area contributed by atoms with E-state index in [1.165, 1.54) is 3.57 Å². The van der Waals surface area contributed by atoms with Gasteiger partial charge in [-0.3, -0.25) is 14.4 Å². The fraction of sp³-hybridized carbons (Fsp3) is 0.625. The van der Waals surface area contributed by atoms with E-state index < -0.39 is 17.9 Å². The Kier molecular flexibility index (Phi) is 16.5. The summed E-state index contributed by atoms with van der Waals surface area (Å²) in [5.74, 6) is -0.985. The van der Waals surface area contributed by atoms with E-state index in [1.54, 1.807) is 0 Å². The van der Waals surface area contributed by atoms with Crippen molar-refractivity contribution in [2.75, 3.05) is 39.5 Å². The van der Waals surface area contributed by atoms with Gasteiger partial charge in [0.15, 0.2) is 0 Å². The Morgan fingerprint density at radius 2 is 1.68 bits per heavy atom. The third kappa shape index (κ3) is 16.0. The van der Waals surface area contributed by atoms with Crippen molar-refractivity contribution in [3.63, 3.8) is 0 Å². The molecular weight excluding hydrogens is 551 g/mol. The molecule has 5 N–H and O–H groups in total. The van der Waals surface area contributed by atoms with Crippen LogP contribution in [0.4, 0.5) is 0 Å². The van der Waals surface area contributed by atoms with E-state index in [1.807, 2.05) is 24.3 Å². The van der Waals surface area contributed by atoms with Crippen molar-refractivity contribution in [1.82, 2.24) is 16.0 Å². The minimum Gasteiger partial charge on any atom is -0.378 e. The van der Waals surface area contributed by atoms with Gasteiger partial charge in [0.05, 0.1) is 19.8 Å². The first-order valence-corrected chi connectivity index (χ1v) is 12.8. The van der Waals surface area contributed by atoms with Crippen LogP contribution in [0.1, 0.15) is 45.1 Å². The van der Waals surface area contributed by atoms with E-state index in [-0.39, 0.29) is 12.5 Å². The van der Waals surface area contributed by atoms with E-state index in [0.29, 0.717) is 64.5 Å². The molecule has 0 fully saturated rings. The Morgan fingerprint density at radius 3 is 2.35 bits per heavy atom. The van der Waals surface area contributed by atoms with Crippen molar-refractivity contribution in [3.05, 3.63) is 33.4 Å². The zero-order valence-electron chi connectivity index (χ0n) is 20.2. The first kappa shape index (κ1) is 30.3. The van der Waals surface area contributed by atoms with Gasteiger partial charge in [0, 0.05) is 29.1 Å². The average Bonchev–Trinajstić information content (AvgIpc) is 2.79. The summed E-state index contributed by atoms with van der Waals surface area (Å²) >= 11 is 2.25. The lowest BCUT2D eigenvalue weighted by atomic mass is 10.1. The number of primary amides is 1. The molecule has 192 valence electrons. The molecule has 34 heavy (non-hydrogen) atoms. The van der Waals surface area contributed by atoms with Gasteiger partial charge < -0.3 is 31.2 Å². The Morgan fingerprint density at radius 1 is 0.971 bits per heavy atom. The number of halogens is 1. The van der Waals surface area contributed by atoms with Crippen molar-refractivity contribution in [3.8, 4) is 0 Å². The first-order chi connectivity index (χ1) is 16.3. The molecule has 0 aliphatic rings. The van der Waals surface area contributed by atoms with Crippen LogP contribution >= 0.6 is 22.6 Å². The number of benzene rings is 1. The number of hydrogen-bond donors (Lipinski definition) is 4. The maximum Gasteiger partial charge on any atom is 0.246 e. The molecule has 10 heteroatoms. The molecule has 0 aromatic heterocycles. The number of nitrogens with one attached hydrogen (secondary N) is 3. The topological polar surface area (TPSA) is 132 Å². The quantitative estimate of drug-likeness (QED) is 0.143. The third-order valence-corrected chi connectivity index (χ3v) is 5.60. The largest absolute Gasteiger partial charge is 0.378 e. The molecule has 0 aliphatic heterocycles. The fourth-order valence-electron chi connectivity index (χ4n) is 3.02. The van der Waals surface area contributed by atoms with Crippen LogP contribution in [-0.4, -0.2) is 69.3 Å². The molecule has 0 unspecified atom stereocenters. The standard InChI is InChI=1S/C24H39IN4O5/c1-18(2)27-13-14-33-15-16-34-17-23(31)29-21(24(26)32)5-3-4-12-28-22(30)11-8-19-6-9-20(25)10-7-19/h6-7,9-10,18,21,27H,3-5,8,11-17H2,1-2H3,(H2,26,32)(H,28,30)(H,29,31)/t21-/m0/s1. The smallest absolute Gasteiger partial charge is 0.246 e. The SMILES string of the molecule is CC(C)NCCOCCOCC(=O)N[C@@H](CCCCNC(=O)CCc1ccc(I)cc1)C(N)=O. The lowest BCUT2D eigenvalue weighted by Gasteiger charge is -2.15. The second-order valence-corrected chi connectivity index (χ2v) is 9.51. The molecule has 3 amide bonds. The van der Waals surface area contributed by atoms with Gasteiger partial charge in [0.1, 0.15) is 12.6 Å². The number of nitrogens with two attached hydrogens (primary N) is 1. The van der Waals surface area contributed by atoms with Gasteiger partial charge in [-0.25, -0.2) is 0 Å². The molecule has 0 bridgehead atoms. The van der Waals surface area contributed by atoms with Crippen LogP contribution < -0.4 is 21.7 Å². The van der Waals surface area contributed by atoms with E-state index in [9.17, 15) is 14.4 Å². The molecule has 1 atom stereocenters. The number of carbonyl (C=O) groups is 3. The highest BCUT2D eigenvalue weighted by Gasteiger charge is 2.17. The van der Waals surface area contributed by atoms with Gasteiger partial charge in [-0.05, 0) is 66.0 Å². The molecule has 1 aromatic carbocycles. The molecule has 1 rings (SSSR count). The summed E-state index contributed by atoms with van der Waals surface area (Å²) in [6.07, 6.45) is 2.87. The maximum atomic E-state index is 12.0. The van der Waals surface area contributed by atoms with Crippen LogP contribution in [0.15, 0.2) is 24.3 Å². The average molecular weight is 591 g/mol. The second-order valence-electron chi connectivity index (χ2n) is 8.27. The number of aryl methyl sites for hydroxylation is 1. The minimum atomic E-state index is -0.758.